The first-order valence-corrected chi connectivity index (χ1v) is 32.9. The van der Waals surface area contributed by atoms with Crippen molar-refractivity contribution in [2.24, 2.45) is 5.92 Å². The van der Waals surface area contributed by atoms with Gasteiger partial charge in [0.25, 0.3) is 0 Å². The second-order valence-electron chi connectivity index (χ2n) is 23.2. The first-order chi connectivity index (χ1) is 35.4. The Morgan fingerprint density at radius 2 is 0.458 bits per heavy atom. The van der Waals surface area contributed by atoms with Crippen molar-refractivity contribution in [3.63, 3.8) is 0 Å². The molecule has 0 unspecified atom stereocenters. The number of hydrogen-bond acceptors (Lipinski definition) is 6. The Kier molecular flexibility index (Phi) is 58.9. The standard InChI is InChI=1S/C66H128O6/c1-5-7-9-11-13-15-17-19-21-22-23-28-31-35-39-43-47-51-55-59-66(69)72-63(60-70-64(67)57-53-49-45-41-37-33-20-18-16-14-12-10-8-6-2)61-71-65(68)58-54-50-46-42-38-34-30-27-25-24-26-29-32-36-40-44-48-52-56-62(3)4/h62-63H,5-61H2,1-4H3/t63-/m0/s1. The molecule has 6 nitrogen and oxygen atoms in total. The molecule has 0 fully saturated rings. The fourth-order valence-corrected chi connectivity index (χ4v) is 10.3. The maximum atomic E-state index is 12.9. The maximum Gasteiger partial charge on any atom is 0.306 e. The van der Waals surface area contributed by atoms with Crippen LogP contribution in [0.4, 0.5) is 0 Å². The van der Waals surface area contributed by atoms with E-state index in [1.807, 2.05) is 0 Å². The number of ether oxygens (including phenoxy) is 3. The Morgan fingerprint density at radius 3 is 0.681 bits per heavy atom. The Morgan fingerprint density at radius 1 is 0.264 bits per heavy atom. The van der Waals surface area contributed by atoms with E-state index < -0.39 is 6.10 Å². The Hall–Kier alpha value is -1.59. The van der Waals surface area contributed by atoms with Gasteiger partial charge in [-0.1, -0.05) is 342 Å². The van der Waals surface area contributed by atoms with Crippen LogP contribution >= 0.6 is 0 Å². The Balaban J connectivity index is 4.25. The van der Waals surface area contributed by atoms with Crippen molar-refractivity contribution in [3.05, 3.63) is 0 Å². The minimum atomic E-state index is -0.763. The molecule has 428 valence electrons. The third kappa shape index (κ3) is 59.3. The molecule has 0 aromatic heterocycles. The largest absolute Gasteiger partial charge is 0.462 e. The summed E-state index contributed by atoms with van der Waals surface area (Å²) in [6, 6.07) is 0. The first-order valence-electron chi connectivity index (χ1n) is 32.9. The molecule has 72 heavy (non-hydrogen) atoms. The predicted molar refractivity (Wildman–Crippen MR) is 312 cm³/mol. The van der Waals surface area contributed by atoms with Gasteiger partial charge in [0.15, 0.2) is 6.10 Å². The van der Waals surface area contributed by atoms with Crippen LogP contribution in [0.15, 0.2) is 0 Å². The predicted octanol–water partition coefficient (Wildman–Crippen LogP) is 22.1. The van der Waals surface area contributed by atoms with E-state index in [1.54, 1.807) is 0 Å². The lowest BCUT2D eigenvalue weighted by Crippen LogP contribution is -2.30. The average Bonchev–Trinajstić information content (AvgIpc) is 3.37. The van der Waals surface area contributed by atoms with Crippen LogP contribution in [-0.4, -0.2) is 37.2 Å². The van der Waals surface area contributed by atoms with E-state index in [9.17, 15) is 14.4 Å². The number of carbonyl (C=O) groups excluding carboxylic acids is 3. The van der Waals surface area contributed by atoms with Crippen LogP contribution in [0, 0.1) is 5.92 Å². The third-order valence-corrected chi connectivity index (χ3v) is 15.3. The van der Waals surface area contributed by atoms with Crippen molar-refractivity contribution in [2.45, 2.75) is 387 Å². The molecule has 0 heterocycles. The van der Waals surface area contributed by atoms with Crippen LogP contribution in [-0.2, 0) is 28.6 Å². The Labute approximate surface area is 450 Å². The molecule has 0 aromatic carbocycles. The van der Waals surface area contributed by atoms with E-state index in [0.717, 1.165) is 63.7 Å². The zero-order chi connectivity index (χ0) is 52.3. The molecule has 0 rings (SSSR count). The molecule has 0 aliphatic heterocycles. The van der Waals surface area contributed by atoms with Crippen LogP contribution in [0.2, 0.25) is 0 Å². The number of hydrogen-bond donors (Lipinski definition) is 0. The molecule has 0 bridgehead atoms. The molecule has 0 radical (unpaired) electrons. The molecule has 0 spiro atoms. The van der Waals surface area contributed by atoms with E-state index in [0.29, 0.717) is 19.3 Å². The van der Waals surface area contributed by atoms with Crippen molar-refractivity contribution in [2.75, 3.05) is 13.2 Å². The first kappa shape index (κ1) is 70.4. The smallest absolute Gasteiger partial charge is 0.306 e. The lowest BCUT2D eigenvalue weighted by Gasteiger charge is -2.18. The van der Waals surface area contributed by atoms with Gasteiger partial charge in [0.2, 0.25) is 0 Å². The molecular formula is C66H128O6. The number of carbonyl (C=O) groups is 3. The highest BCUT2D eigenvalue weighted by Crippen LogP contribution is 2.19. The molecule has 0 saturated carbocycles. The van der Waals surface area contributed by atoms with Gasteiger partial charge in [-0.05, 0) is 25.2 Å². The number of rotatable bonds is 61. The second kappa shape index (κ2) is 60.3. The van der Waals surface area contributed by atoms with Crippen LogP contribution < -0.4 is 0 Å². The van der Waals surface area contributed by atoms with Gasteiger partial charge in [-0.3, -0.25) is 14.4 Å². The van der Waals surface area contributed by atoms with E-state index >= 15 is 0 Å². The molecule has 0 aliphatic carbocycles. The van der Waals surface area contributed by atoms with Gasteiger partial charge in [-0.25, -0.2) is 0 Å². The summed E-state index contributed by atoms with van der Waals surface area (Å²) in [5, 5.41) is 0. The number of esters is 3. The summed E-state index contributed by atoms with van der Waals surface area (Å²) >= 11 is 0. The summed E-state index contributed by atoms with van der Waals surface area (Å²) < 4.78 is 17.0. The summed E-state index contributed by atoms with van der Waals surface area (Å²) in [5.74, 6) is 0.0338. The van der Waals surface area contributed by atoms with Gasteiger partial charge in [-0.15, -0.1) is 0 Å². The molecule has 0 aromatic rings. The SMILES string of the molecule is CCCCCCCCCCCCCCCCCCCCCC(=O)O[C@@H](COC(=O)CCCCCCCCCCCCCCCC)COC(=O)CCCCCCCCCCCCCCCCCCCCC(C)C. The summed E-state index contributed by atoms with van der Waals surface area (Å²) in [4.78, 5) is 38.3. The van der Waals surface area contributed by atoms with Crippen LogP contribution in [0.3, 0.4) is 0 Å². The molecular weight excluding hydrogens is 889 g/mol. The van der Waals surface area contributed by atoms with Crippen molar-refractivity contribution in [1.29, 1.82) is 0 Å². The third-order valence-electron chi connectivity index (χ3n) is 15.3. The molecule has 6 heteroatoms. The van der Waals surface area contributed by atoms with Gasteiger partial charge in [-0.2, -0.15) is 0 Å². The molecule has 1 atom stereocenters. The minimum absolute atomic E-state index is 0.0609. The highest BCUT2D eigenvalue weighted by atomic mass is 16.6. The van der Waals surface area contributed by atoms with Crippen LogP contribution in [0.5, 0.6) is 0 Å². The van der Waals surface area contributed by atoms with Crippen molar-refractivity contribution in [1.82, 2.24) is 0 Å². The minimum Gasteiger partial charge on any atom is -0.462 e. The second-order valence-corrected chi connectivity index (χ2v) is 23.2. The van der Waals surface area contributed by atoms with Crippen molar-refractivity contribution >= 4 is 17.9 Å². The fourth-order valence-electron chi connectivity index (χ4n) is 10.3. The lowest BCUT2D eigenvalue weighted by molar-refractivity contribution is -0.167. The summed E-state index contributed by atoms with van der Waals surface area (Å²) in [7, 11) is 0. The van der Waals surface area contributed by atoms with E-state index in [4.69, 9.17) is 14.2 Å². The zero-order valence-corrected chi connectivity index (χ0v) is 49.4. The van der Waals surface area contributed by atoms with Gasteiger partial charge in [0.05, 0.1) is 0 Å². The van der Waals surface area contributed by atoms with Gasteiger partial charge in [0.1, 0.15) is 13.2 Å². The normalized spacial score (nSPS) is 12.0. The van der Waals surface area contributed by atoms with E-state index in [-0.39, 0.29) is 31.1 Å². The number of unbranched alkanes of at least 4 members (excludes halogenated alkanes) is 48. The van der Waals surface area contributed by atoms with Crippen LogP contribution in [0.1, 0.15) is 381 Å². The lowest BCUT2D eigenvalue weighted by atomic mass is 10.0. The average molecular weight is 1020 g/mol. The van der Waals surface area contributed by atoms with E-state index in [2.05, 4.69) is 27.7 Å². The quantitative estimate of drug-likeness (QED) is 0.0343. The van der Waals surface area contributed by atoms with Crippen molar-refractivity contribution in [3.8, 4) is 0 Å². The fraction of sp³-hybridized carbons (Fsp3) is 0.955. The summed E-state index contributed by atoms with van der Waals surface area (Å²) in [6.07, 6.45) is 68.2. The van der Waals surface area contributed by atoms with Crippen LogP contribution in [0.25, 0.3) is 0 Å². The van der Waals surface area contributed by atoms with E-state index in [1.165, 1.54) is 276 Å². The zero-order valence-electron chi connectivity index (χ0n) is 49.4. The maximum absolute atomic E-state index is 12.9. The Bertz CT molecular complexity index is 1090. The van der Waals surface area contributed by atoms with Gasteiger partial charge in [0, 0.05) is 19.3 Å². The van der Waals surface area contributed by atoms with Crippen molar-refractivity contribution < 1.29 is 28.6 Å². The van der Waals surface area contributed by atoms with Gasteiger partial charge < -0.3 is 14.2 Å². The summed E-state index contributed by atoms with van der Waals surface area (Å²) in [5.41, 5.74) is 0. The highest BCUT2D eigenvalue weighted by molar-refractivity contribution is 5.71. The highest BCUT2D eigenvalue weighted by Gasteiger charge is 2.19. The molecule has 0 N–H and O–H groups in total. The monoisotopic (exact) mass is 1020 g/mol. The molecule has 0 amide bonds. The topological polar surface area (TPSA) is 78.9 Å². The molecule has 0 aliphatic rings. The van der Waals surface area contributed by atoms with Gasteiger partial charge >= 0.3 is 17.9 Å². The molecule has 0 saturated heterocycles. The summed E-state index contributed by atoms with van der Waals surface area (Å²) in [6.45, 7) is 9.11.